The van der Waals surface area contributed by atoms with Crippen LogP contribution in [0.5, 0.6) is 5.75 Å². The molecular formula is C19H25NO. The van der Waals surface area contributed by atoms with Crippen LogP contribution in [0.25, 0.3) is 0 Å². The summed E-state index contributed by atoms with van der Waals surface area (Å²) in [7, 11) is 0. The Morgan fingerprint density at radius 2 is 1.48 bits per heavy atom. The zero-order chi connectivity index (χ0) is 15.6. The van der Waals surface area contributed by atoms with Crippen molar-refractivity contribution < 1.29 is 4.74 Å². The van der Waals surface area contributed by atoms with E-state index in [0.29, 0.717) is 6.61 Å². The highest BCUT2D eigenvalue weighted by atomic mass is 16.5. The molecule has 2 heteroatoms. The number of hydrogen-bond acceptors (Lipinski definition) is 2. The Morgan fingerprint density at radius 3 is 2.14 bits per heavy atom. The summed E-state index contributed by atoms with van der Waals surface area (Å²) in [6, 6.07) is 10.5. The standard InChI is InChI=1S/C19H25NO/c1-12-8-9-17(10-15(12)4)18(20)11-21-19-14(3)7-6-13(2)16(19)5/h6-10,18H,11,20H2,1-5H3. The van der Waals surface area contributed by atoms with Crippen LogP contribution in [0.1, 0.15) is 39.4 Å². The average Bonchev–Trinajstić information content (AvgIpc) is 2.45. The van der Waals surface area contributed by atoms with E-state index in [0.717, 1.165) is 16.9 Å². The zero-order valence-electron chi connectivity index (χ0n) is 13.7. The molecule has 0 amide bonds. The van der Waals surface area contributed by atoms with E-state index in [1.54, 1.807) is 0 Å². The molecule has 2 N–H and O–H groups in total. The maximum Gasteiger partial charge on any atom is 0.125 e. The fourth-order valence-electron chi connectivity index (χ4n) is 2.41. The molecule has 1 unspecified atom stereocenters. The van der Waals surface area contributed by atoms with Crippen molar-refractivity contribution in [3.8, 4) is 5.75 Å². The van der Waals surface area contributed by atoms with Gasteiger partial charge in [-0.05, 0) is 68.0 Å². The summed E-state index contributed by atoms with van der Waals surface area (Å²) >= 11 is 0. The van der Waals surface area contributed by atoms with Crippen molar-refractivity contribution in [1.82, 2.24) is 0 Å². The highest BCUT2D eigenvalue weighted by molar-refractivity contribution is 5.44. The lowest BCUT2D eigenvalue weighted by molar-refractivity contribution is 0.287. The van der Waals surface area contributed by atoms with Crippen molar-refractivity contribution in [3.05, 3.63) is 63.7 Å². The number of rotatable bonds is 4. The van der Waals surface area contributed by atoms with E-state index in [2.05, 4.69) is 65.0 Å². The fourth-order valence-corrected chi connectivity index (χ4v) is 2.41. The highest BCUT2D eigenvalue weighted by Gasteiger charge is 2.11. The normalized spacial score (nSPS) is 12.3. The van der Waals surface area contributed by atoms with Crippen LogP contribution in [0.2, 0.25) is 0 Å². The third-order valence-corrected chi connectivity index (χ3v) is 4.24. The molecule has 2 nitrogen and oxygen atoms in total. The van der Waals surface area contributed by atoms with Gasteiger partial charge in [0.25, 0.3) is 0 Å². The minimum atomic E-state index is -0.108. The molecule has 112 valence electrons. The second-order valence-electron chi connectivity index (χ2n) is 5.91. The van der Waals surface area contributed by atoms with Crippen molar-refractivity contribution >= 4 is 0 Å². The van der Waals surface area contributed by atoms with E-state index in [1.165, 1.54) is 22.3 Å². The van der Waals surface area contributed by atoms with Crippen LogP contribution >= 0.6 is 0 Å². The summed E-state index contributed by atoms with van der Waals surface area (Å²) in [4.78, 5) is 0. The molecule has 1 atom stereocenters. The molecule has 0 aliphatic rings. The molecular weight excluding hydrogens is 258 g/mol. The number of nitrogens with two attached hydrogens (primary N) is 1. The smallest absolute Gasteiger partial charge is 0.125 e. The first-order chi connectivity index (χ1) is 9.90. The SMILES string of the molecule is Cc1ccc(C(N)COc2c(C)ccc(C)c2C)cc1C. The molecule has 2 aromatic rings. The van der Waals surface area contributed by atoms with Gasteiger partial charge in [-0.3, -0.25) is 0 Å². The van der Waals surface area contributed by atoms with Gasteiger partial charge in [0.2, 0.25) is 0 Å². The van der Waals surface area contributed by atoms with Gasteiger partial charge in [-0.1, -0.05) is 30.3 Å². The Hall–Kier alpha value is -1.80. The predicted octanol–water partition coefficient (Wildman–Crippen LogP) is 4.31. The van der Waals surface area contributed by atoms with E-state index in [9.17, 15) is 0 Å². The highest BCUT2D eigenvalue weighted by Crippen LogP contribution is 2.26. The second-order valence-corrected chi connectivity index (χ2v) is 5.91. The molecule has 0 radical (unpaired) electrons. The monoisotopic (exact) mass is 283 g/mol. The third-order valence-electron chi connectivity index (χ3n) is 4.24. The second kappa shape index (κ2) is 6.31. The number of hydrogen-bond donors (Lipinski definition) is 1. The molecule has 0 aliphatic carbocycles. The third kappa shape index (κ3) is 3.45. The lowest BCUT2D eigenvalue weighted by Crippen LogP contribution is -2.19. The Balaban J connectivity index is 2.12. The molecule has 21 heavy (non-hydrogen) atoms. The molecule has 0 bridgehead atoms. The Labute approximate surface area is 127 Å². The first-order valence-electron chi connectivity index (χ1n) is 7.42. The van der Waals surface area contributed by atoms with Crippen LogP contribution in [-0.2, 0) is 0 Å². The molecule has 0 spiro atoms. The van der Waals surface area contributed by atoms with Crippen LogP contribution in [0, 0.1) is 34.6 Å². The van der Waals surface area contributed by atoms with Gasteiger partial charge in [-0.2, -0.15) is 0 Å². The van der Waals surface area contributed by atoms with E-state index >= 15 is 0 Å². The molecule has 0 heterocycles. The Kier molecular flexibility index (Phi) is 4.69. The zero-order valence-corrected chi connectivity index (χ0v) is 13.7. The molecule has 0 aromatic heterocycles. The first-order valence-corrected chi connectivity index (χ1v) is 7.42. The largest absolute Gasteiger partial charge is 0.491 e. The van der Waals surface area contributed by atoms with Crippen LogP contribution in [0.4, 0.5) is 0 Å². The van der Waals surface area contributed by atoms with Gasteiger partial charge < -0.3 is 10.5 Å². The maximum atomic E-state index is 6.28. The quantitative estimate of drug-likeness (QED) is 0.907. The molecule has 0 aliphatic heterocycles. The first kappa shape index (κ1) is 15.6. The van der Waals surface area contributed by atoms with Crippen LogP contribution in [0.15, 0.2) is 30.3 Å². The minimum absolute atomic E-state index is 0.108. The van der Waals surface area contributed by atoms with Crippen molar-refractivity contribution in [3.63, 3.8) is 0 Å². The van der Waals surface area contributed by atoms with Crippen molar-refractivity contribution in [2.45, 2.75) is 40.7 Å². The van der Waals surface area contributed by atoms with E-state index in [-0.39, 0.29) is 6.04 Å². The average molecular weight is 283 g/mol. The summed E-state index contributed by atoms with van der Waals surface area (Å²) in [5.74, 6) is 0.967. The lowest BCUT2D eigenvalue weighted by Gasteiger charge is -2.18. The van der Waals surface area contributed by atoms with Gasteiger partial charge in [0, 0.05) is 0 Å². The summed E-state index contributed by atoms with van der Waals surface area (Å²) in [6.45, 7) is 11.0. The van der Waals surface area contributed by atoms with Gasteiger partial charge >= 0.3 is 0 Å². The van der Waals surface area contributed by atoms with Crippen molar-refractivity contribution in [1.29, 1.82) is 0 Å². The number of aryl methyl sites for hydroxylation is 4. The van der Waals surface area contributed by atoms with E-state index in [1.807, 2.05) is 0 Å². The topological polar surface area (TPSA) is 35.2 Å². The lowest BCUT2D eigenvalue weighted by atomic mass is 10.0. The van der Waals surface area contributed by atoms with Gasteiger partial charge in [-0.25, -0.2) is 0 Å². The van der Waals surface area contributed by atoms with Crippen LogP contribution < -0.4 is 10.5 Å². The van der Waals surface area contributed by atoms with Crippen LogP contribution in [-0.4, -0.2) is 6.61 Å². The summed E-state index contributed by atoms with van der Waals surface area (Å²) in [5, 5.41) is 0. The Bertz CT molecular complexity index is 646. The van der Waals surface area contributed by atoms with E-state index in [4.69, 9.17) is 10.5 Å². The molecule has 0 saturated heterocycles. The van der Waals surface area contributed by atoms with Crippen LogP contribution in [0.3, 0.4) is 0 Å². The number of benzene rings is 2. The number of ether oxygens (including phenoxy) is 1. The van der Waals surface area contributed by atoms with Gasteiger partial charge in [0.05, 0.1) is 6.04 Å². The van der Waals surface area contributed by atoms with Crippen molar-refractivity contribution in [2.24, 2.45) is 5.73 Å². The molecule has 2 rings (SSSR count). The summed E-state index contributed by atoms with van der Waals surface area (Å²) in [6.07, 6.45) is 0. The van der Waals surface area contributed by atoms with E-state index < -0.39 is 0 Å². The minimum Gasteiger partial charge on any atom is -0.491 e. The van der Waals surface area contributed by atoms with Crippen molar-refractivity contribution in [2.75, 3.05) is 6.61 Å². The Morgan fingerprint density at radius 1 is 0.857 bits per heavy atom. The van der Waals surface area contributed by atoms with Gasteiger partial charge in [0.15, 0.2) is 0 Å². The maximum absolute atomic E-state index is 6.28. The molecule has 2 aromatic carbocycles. The van der Waals surface area contributed by atoms with Gasteiger partial charge in [0.1, 0.15) is 12.4 Å². The van der Waals surface area contributed by atoms with Gasteiger partial charge in [-0.15, -0.1) is 0 Å². The fraction of sp³-hybridized carbons (Fsp3) is 0.368. The molecule has 0 fully saturated rings. The summed E-state index contributed by atoms with van der Waals surface area (Å²) in [5.41, 5.74) is 13.6. The predicted molar refractivity (Wildman–Crippen MR) is 89.0 cm³/mol. The summed E-state index contributed by atoms with van der Waals surface area (Å²) < 4.78 is 6.01. The molecule has 0 saturated carbocycles.